The second kappa shape index (κ2) is 5.48. The smallest absolute Gasteiger partial charge is 0.274 e. The van der Waals surface area contributed by atoms with E-state index in [1.165, 1.54) is 0 Å². The molecule has 11 heavy (non-hydrogen) atoms. The van der Waals surface area contributed by atoms with Crippen LogP contribution >= 0.6 is 0 Å². The summed E-state index contributed by atoms with van der Waals surface area (Å²) in [4.78, 5) is 0. The Bertz CT molecular complexity index is 178. The summed E-state index contributed by atoms with van der Waals surface area (Å²) < 4.78 is 27.7. The van der Waals surface area contributed by atoms with Crippen molar-refractivity contribution in [2.75, 3.05) is 19.8 Å². The summed E-state index contributed by atoms with van der Waals surface area (Å²) in [6.45, 7) is 3.22. The van der Waals surface area contributed by atoms with Crippen molar-refractivity contribution >= 4 is 10.2 Å². The molecule has 0 aliphatic rings. The summed E-state index contributed by atoms with van der Waals surface area (Å²) in [5, 5.41) is 4.66. The van der Waals surface area contributed by atoms with Gasteiger partial charge in [-0.15, -0.1) is 0 Å². The molecule has 0 unspecified atom stereocenters. The zero-order valence-corrected chi connectivity index (χ0v) is 7.36. The monoisotopic (exact) mass is 182 g/mol. The van der Waals surface area contributed by atoms with Crippen LogP contribution in [0.5, 0.6) is 0 Å². The Kier molecular flexibility index (Phi) is 5.39. The van der Waals surface area contributed by atoms with E-state index in [1.807, 2.05) is 6.92 Å². The van der Waals surface area contributed by atoms with Gasteiger partial charge in [-0.2, -0.15) is 8.42 Å². The molecule has 0 heterocycles. The number of hydrogen-bond donors (Lipinski definition) is 2. The van der Waals surface area contributed by atoms with Crippen molar-refractivity contribution < 1.29 is 13.2 Å². The van der Waals surface area contributed by atoms with Gasteiger partial charge in [-0.1, -0.05) is 6.92 Å². The van der Waals surface area contributed by atoms with Gasteiger partial charge in [0.2, 0.25) is 0 Å². The largest absolute Gasteiger partial charge is 0.380 e. The summed E-state index contributed by atoms with van der Waals surface area (Å²) in [6, 6.07) is 0. The van der Waals surface area contributed by atoms with Crippen LogP contribution in [0.15, 0.2) is 0 Å². The molecule has 68 valence electrons. The van der Waals surface area contributed by atoms with E-state index < -0.39 is 10.2 Å². The summed E-state index contributed by atoms with van der Waals surface area (Å²) in [6.07, 6.45) is 0.926. The van der Waals surface area contributed by atoms with Crippen molar-refractivity contribution in [2.45, 2.75) is 13.3 Å². The Balaban J connectivity index is 3.16. The molecular weight excluding hydrogens is 168 g/mol. The summed E-state index contributed by atoms with van der Waals surface area (Å²) in [7, 11) is -3.54. The van der Waals surface area contributed by atoms with Crippen LogP contribution in [0.4, 0.5) is 0 Å². The van der Waals surface area contributed by atoms with Crippen LogP contribution in [0.25, 0.3) is 0 Å². The van der Waals surface area contributed by atoms with E-state index in [9.17, 15) is 8.42 Å². The second-order valence-electron chi connectivity index (χ2n) is 2.05. The quantitative estimate of drug-likeness (QED) is 0.528. The van der Waals surface area contributed by atoms with Crippen molar-refractivity contribution in [3.63, 3.8) is 0 Å². The Labute approximate surface area is 67.1 Å². The first-order valence-corrected chi connectivity index (χ1v) is 4.96. The Hall–Kier alpha value is -0.170. The van der Waals surface area contributed by atoms with Crippen LogP contribution in [0.3, 0.4) is 0 Å². The standard InChI is InChI=1S/C5H14N2O3S/c1-2-4-10-5-3-7-11(6,8)9/h7H,2-5H2,1H3,(H2,6,8,9). The van der Waals surface area contributed by atoms with Gasteiger partial charge in [-0.05, 0) is 6.42 Å². The molecule has 0 aliphatic carbocycles. The van der Waals surface area contributed by atoms with Crippen LogP contribution in [-0.2, 0) is 14.9 Å². The lowest BCUT2D eigenvalue weighted by Crippen LogP contribution is -2.33. The number of hydrogen-bond acceptors (Lipinski definition) is 3. The molecule has 0 aromatic carbocycles. The third-order valence-electron chi connectivity index (χ3n) is 0.898. The van der Waals surface area contributed by atoms with Crippen molar-refractivity contribution in [3.05, 3.63) is 0 Å². The van der Waals surface area contributed by atoms with E-state index in [-0.39, 0.29) is 6.54 Å². The highest BCUT2D eigenvalue weighted by molar-refractivity contribution is 7.87. The maximum atomic E-state index is 10.3. The highest BCUT2D eigenvalue weighted by Gasteiger charge is 1.97. The van der Waals surface area contributed by atoms with Crippen molar-refractivity contribution in [1.82, 2.24) is 4.72 Å². The highest BCUT2D eigenvalue weighted by atomic mass is 32.2. The Morgan fingerprint density at radius 2 is 2.09 bits per heavy atom. The predicted molar refractivity (Wildman–Crippen MR) is 42.2 cm³/mol. The van der Waals surface area contributed by atoms with Crippen LogP contribution in [-0.4, -0.2) is 28.2 Å². The van der Waals surface area contributed by atoms with E-state index in [4.69, 9.17) is 4.74 Å². The first kappa shape index (κ1) is 10.8. The van der Waals surface area contributed by atoms with Gasteiger partial charge in [0.25, 0.3) is 10.2 Å². The maximum Gasteiger partial charge on any atom is 0.274 e. The van der Waals surface area contributed by atoms with E-state index >= 15 is 0 Å². The molecule has 0 fully saturated rings. The minimum atomic E-state index is -3.54. The number of nitrogens with one attached hydrogen (secondary N) is 1. The molecule has 0 saturated heterocycles. The normalized spacial score (nSPS) is 11.8. The summed E-state index contributed by atoms with van der Waals surface area (Å²) in [5.41, 5.74) is 0. The van der Waals surface area contributed by atoms with Gasteiger partial charge in [-0.25, -0.2) is 9.86 Å². The van der Waals surface area contributed by atoms with Crippen molar-refractivity contribution in [2.24, 2.45) is 5.14 Å². The molecule has 0 aliphatic heterocycles. The van der Waals surface area contributed by atoms with Crippen molar-refractivity contribution in [1.29, 1.82) is 0 Å². The molecule has 0 aromatic heterocycles. The fourth-order valence-electron chi connectivity index (χ4n) is 0.502. The molecule has 0 radical (unpaired) electrons. The van der Waals surface area contributed by atoms with Crippen LogP contribution in [0.2, 0.25) is 0 Å². The van der Waals surface area contributed by atoms with Crippen molar-refractivity contribution in [3.8, 4) is 0 Å². The lowest BCUT2D eigenvalue weighted by Gasteiger charge is -2.01. The zero-order valence-electron chi connectivity index (χ0n) is 6.54. The lowest BCUT2D eigenvalue weighted by atomic mass is 10.5. The molecule has 0 rings (SSSR count). The fraction of sp³-hybridized carbons (Fsp3) is 1.00. The highest BCUT2D eigenvalue weighted by Crippen LogP contribution is 1.78. The van der Waals surface area contributed by atoms with Crippen LogP contribution < -0.4 is 9.86 Å². The topological polar surface area (TPSA) is 81.4 Å². The van der Waals surface area contributed by atoms with Gasteiger partial charge in [0.15, 0.2) is 0 Å². The van der Waals surface area contributed by atoms with E-state index in [0.717, 1.165) is 6.42 Å². The minimum absolute atomic E-state index is 0.235. The van der Waals surface area contributed by atoms with Crippen LogP contribution in [0, 0.1) is 0 Å². The van der Waals surface area contributed by atoms with E-state index in [0.29, 0.717) is 13.2 Å². The zero-order chi connectivity index (χ0) is 8.74. The molecule has 5 nitrogen and oxygen atoms in total. The lowest BCUT2D eigenvalue weighted by molar-refractivity contribution is 0.140. The van der Waals surface area contributed by atoms with Gasteiger partial charge in [0.05, 0.1) is 6.61 Å². The summed E-state index contributed by atoms with van der Waals surface area (Å²) >= 11 is 0. The summed E-state index contributed by atoms with van der Waals surface area (Å²) in [5.74, 6) is 0. The van der Waals surface area contributed by atoms with Gasteiger partial charge in [-0.3, -0.25) is 0 Å². The van der Waals surface area contributed by atoms with Gasteiger partial charge in [0.1, 0.15) is 0 Å². The molecule has 0 bridgehead atoms. The molecule has 0 aromatic rings. The molecule has 0 amide bonds. The number of rotatable bonds is 6. The maximum absolute atomic E-state index is 10.3. The Morgan fingerprint density at radius 3 is 2.55 bits per heavy atom. The molecule has 0 atom stereocenters. The van der Waals surface area contributed by atoms with Gasteiger partial charge < -0.3 is 4.74 Å². The number of ether oxygens (including phenoxy) is 1. The third-order valence-corrected chi connectivity index (χ3v) is 1.50. The second-order valence-corrected chi connectivity index (χ2v) is 3.43. The van der Waals surface area contributed by atoms with E-state index in [1.54, 1.807) is 0 Å². The van der Waals surface area contributed by atoms with Gasteiger partial charge in [0, 0.05) is 13.2 Å². The molecule has 3 N–H and O–H groups in total. The predicted octanol–water partition coefficient (Wildman–Crippen LogP) is -0.794. The minimum Gasteiger partial charge on any atom is -0.380 e. The van der Waals surface area contributed by atoms with E-state index in [2.05, 4.69) is 9.86 Å². The first-order chi connectivity index (χ1) is 5.06. The molecule has 0 spiro atoms. The average molecular weight is 182 g/mol. The number of nitrogens with two attached hydrogens (primary N) is 1. The Morgan fingerprint density at radius 1 is 1.45 bits per heavy atom. The molecular formula is C5H14N2O3S. The third kappa shape index (κ3) is 9.83. The molecule has 6 heteroatoms. The van der Waals surface area contributed by atoms with Gasteiger partial charge >= 0.3 is 0 Å². The van der Waals surface area contributed by atoms with Crippen LogP contribution in [0.1, 0.15) is 13.3 Å². The first-order valence-electron chi connectivity index (χ1n) is 3.41. The molecule has 0 saturated carbocycles. The SMILES string of the molecule is CCCOCCNS(N)(=O)=O. The fourth-order valence-corrected chi connectivity index (χ4v) is 0.870. The average Bonchev–Trinajstić information content (AvgIpc) is 1.85.